The fourth-order valence-electron chi connectivity index (χ4n) is 1.13. The van der Waals surface area contributed by atoms with Crippen LogP contribution in [0.4, 0.5) is 0 Å². The minimum Gasteiger partial charge on any atom is -0.311 e. The number of unbranched alkanes of at least 4 members (excludes halogenated alkanes) is 5. The minimum absolute atomic E-state index is 0.456. The van der Waals surface area contributed by atoms with Crippen LogP contribution in [0.1, 0.15) is 66.2 Å². The molecule has 0 saturated carbocycles. The molecule has 0 unspecified atom stereocenters. The van der Waals surface area contributed by atoms with Gasteiger partial charge in [-0.2, -0.15) is 0 Å². The second-order valence-corrected chi connectivity index (χ2v) is 4.61. The lowest BCUT2D eigenvalue weighted by molar-refractivity contribution is 0.243. The first-order chi connectivity index (χ1) is 7.72. The first-order valence-corrected chi connectivity index (χ1v) is 7.74. The van der Waals surface area contributed by atoms with E-state index in [0.717, 1.165) is 0 Å². The van der Waals surface area contributed by atoms with Crippen LogP contribution in [-0.2, 0) is 13.6 Å². The molecule has 0 radical (unpaired) electrons. The minimum atomic E-state index is -2.14. The van der Waals surface area contributed by atoms with Crippen LogP contribution in [0, 0.1) is 0 Å². The van der Waals surface area contributed by atoms with E-state index in [4.69, 9.17) is 0 Å². The summed E-state index contributed by atoms with van der Waals surface area (Å²) in [6.07, 6.45) is 8.49. The maximum Gasteiger partial charge on any atom is 0.319 e. The highest BCUT2D eigenvalue weighted by Crippen LogP contribution is 2.21. The largest absolute Gasteiger partial charge is 0.319 e. The quantitative estimate of drug-likeness (QED) is 0.436. The van der Waals surface area contributed by atoms with E-state index < -0.39 is 8.25 Å². The van der Waals surface area contributed by atoms with Gasteiger partial charge in [-0.25, -0.2) is 0 Å². The van der Waals surface area contributed by atoms with E-state index in [0.29, 0.717) is 13.2 Å². The van der Waals surface area contributed by atoms with Gasteiger partial charge in [-0.05, 0) is 13.8 Å². The molecule has 0 saturated heterocycles. The van der Waals surface area contributed by atoms with Crippen LogP contribution in [0.5, 0.6) is 0 Å². The Labute approximate surface area is 102 Å². The molecule has 0 fully saturated rings. The van der Waals surface area contributed by atoms with Crippen molar-refractivity contribution >= 4 is 8.25 Å². The van der Waals surface area contributed by atoms with Crippen molar-refractivity contribution in [3.8, 4) is 0 Å². The van der Waals surface area contributed by atoms with Crippen molar-refractivity contribution in [2.24, 2.45) is 0 Å². The molecule has 0 N–H and O–H groups in total. The SMILES string of the molecule is CCCCCCCC.CCO[PH](=O)OCC. The van der Waals surface area contributed by atoms with E-state index in [1.165, 1.54) is 38.5 Å². The molecule has 4 heteroatoms. The zero-order valence-electron chi connectivity index (χ0n) is 11.4. The Morgan fingerprint density at radius 3 is 1.38 bits per heavy atom. The molecule has 0 heterocycles. The Morgan fingerprint density at radius 1 is 0.750 bits per heavy atom. The third-order valence-electron chi connectivity index (χ3n) is 1.98. The highest BCUT2D eigenvalue weighted by molar-refractivity contribution is 7.33. The lowest BCUT2D eigenvalue weighted by Gasteiger charge is -1.97. The highest BCUT2D eigenvalue weighted by Gasteiger charge is 1.91. The van der Waals surface area contributed by atoms with Gasteiger partial charge in [0.05, 0.1) is 13.2 Å². The summed E-state index contributed by atoms with van der Waals surface area (Å²) < 4.78 is 19.6. The van der Waals surface area contributed by atoms with Crippen molar-refractivity contribution in [3.05, 3.63) is 0 Å². The molecule has 0 rings (SSSR count). The van der Waals surface area contributed by atoms with Crippen LogP contribution in [0.25, 0.3) is 0 Å². The van der Waals surface area contributed by atoms with Crippen LogP contribution >= 0.6 is 8.25 Å². The van der Waals surface area contributed by atoms with Crippen molar-refractivity contribution in [2.75, 3.05) is 13.2 Å². The van der Waals surface area contributed by atoms with Gasteiger partial charge in [0.2, 0.25) is 0 Å². The van der Waals surface area contributed by atoms with Gasteiger partial charge < -0.3 is 9.05 Å². The van der Waals surface area contributed by atoms with Crippen LogP contribution < -0.4 is 0 Å². The van der Waals surface area contributed by atoms with E-state index in [2.05, 4.69) is 22.9 Å². The van der Waals surface area contributed by atoms with Gasteiger partial charge in [0.25, 0.3) is 0 Å². The first kappa shape index (κ1) is 18.5. The van der Waals surface area contributed by atoms with Crippen LogP contribution in [0.2, 0.25) is 0 Å². The van der Waals surface area contributed by atoms with E-state index in [-0.39, 0.29) is 0 Å². The topological polar surface area (TPSA) is 35.5 Å². The average molecular weight is 252 g/mol. The Balaban J connectivity index is 0. The lowest BCUT2D eigenvalue weighted by atomic mass is 10.1. The van der Waals surface area contributed by atoms with Gasteiger partial charge in [0.15, 0.2) is 0 Å². The molecule has 100 valence electrons. The molecule has 0 aliphatic heterocycles. The Kier molecular flexibility index (Phi) is 20.3. The fourth-order valence-corrected chi connectivity index (χ4v) is 1.69. The molecule has 0 amide bonds. The van der Waals surface area contributed by atoms with Gasteiger partial charge in [-0.1, -0.05) is 52.4 Å². The maximum absolute atomic E-state index is 10.4. The molecule has 0 spiro atoms. The molecule has 0 atom stereocenters. The van der Waals surface area contributed by atoms with Crippen LogP contribution in [-0.4, -0.2) is 13.2 Å². The number of rotatable bonds is 9. The Hall–Kier alpha value is 0.150. The van der Waals surface area contributed by atoms with E-state index in [1.54, 1.807) is 13.8 Å². The summed E-state index contributed by atoms with van der Waals surface area (Å²) in [5.41, 5.74) is 0. The van der Waals surface area contributed by atoms with Gasteiger partial charge in [0.1, 0.15) is 0 Å². The van der Waals surface area contributed by atoms with Crippen molar-refractivity contribution in [3.63, 3.8) is 0 Å². The predicted octanol–water partition coefficient (Wildman–Crippen LogP) is 4.82. The van der Waals surface area contributed by atoms with E-state index in [9.17, 15) is 4.57 Å². The molecular formula is C12H29O3P. The van der Waals surface area contributed by atoms with Crippen molar-refractivity contribution < 1.29 is 13.6 Å². The normalized spacial score (nSPS) is 10.1. The van der Waals surface area contributed by atoms with Gasteiger partial charge >= 0.3 is 8.25 Å². The summed E-state index contributed by atoms with van der Waals surface area (Å²) in [4.78, 5) is 0. The molecule has 0 bridgehead atoms. The Morgan fingerprint density at radius 2 is 1.12 bits per heavy atom. The molecule has 16 heavy (non-hydrogen) atoms. The van der Waals surface area contributed by atoms with Gasteiger partial charge in [-0.3, -0.25) is 4.57 Å². The third kappa shape index (κ3) is 19.7. The highest BCUT2D eigenvalue weighted by atomic mass is 31.1. The van der Waals surface area contributed by atoms with Crippen LogP contribution in [0.15, 0.2) is 0 Å². The summed E-state index contributed by atoms with van der Waals surface area (Å²) in [5, 5.41) is 0. The predicted molar refractivity (Wildman–Crippen MR) is 71.3 cm³/mol. The molecular weight excluding hydrogens is 223 g/mol. The molecule has 0 aliphatic carbocycles. The Bertz CT molecular complexity index is 126. The van der Waals surface area contributed by atoms with E-state index >= 15 is 0 Å². The zero-order valence-corrected chi connectivity index (χ0v) is 12.4. The van der Waals surface area contributed by atoms with Gasteiger partial charge in [-0.15, -0.1) is 0 Å². The second kappa shape index (κ2) is 17.5. The summed E-state index contributed by atoms with van der Waals surface area (Å²) in [5.74, 6) is 0. The van der Waals surface area contributed by atoms with Crippen molar-refractivity contribution in [1.29, 1.82) is 0 Å². The van der Waals surface area contributed by atoms with Crippen molar-refractivity contribution in [1.82, 2.24) is 0 Å². The summed E-state index contributed by atoms with van der Waals surface area (Å²) in [6, 6.07) is 0. The van der Waals surface area contributed by atoms with Crippen molar-refractivity contribution in [2.45, 2.75) is 66.2 Å². The molecule has 0 aromatic heterocycles. The smallest absolute Gasteiger partial charge is 0.311 e. The molecule has 3 nitrogen and oxygen atoms in total. The number of hydrogen-bond donors (Lipinski definition) is 0. The second-order valence-electron chi connectivity index (χ2n) is 3.53. The van der Waals surface area contributed by atoms with Crippen LogP contribution in [0.3, 0.4) is 0 Å². The maximum atomic E-state index is 10.4. The third-order valence-corrected chi connectivity index (χ3v) is 3.03. The standard InChI is InChI=1S/C8H18.C4H11O3P/c1-3-5-7-8-6-4-2;1-3-6-8(5)7-4-2/h3-8H2,1-2H3;8H,3-4H2,1-2H3. The lowest BCUT2D eigenvalue weighted by Crippen LogP contribution is -1.81. The summed E-state index contributed by atoms with van der Waals surface area (Å²) in [6.45, 7) is 8.98. The summed E-state index contributed by atoms with van der Waals surface area (Å²) >= 11 is 0. The fraction of sp³-hybridized carbons (Fsp3) is 1.00. The molecule has 0 aromatic rings. The van der Waals surface area contributed by atoms with E-state index in [1.807, 2.05) is 0 Å². The first-order valence-electron chi connectivity index (χ1n) is 6.52. The molecule has 0 aromatic carbocycles. The van der Waals surface area contributed by atoms with Gasteiger partial charge in [0, 0.05) is 0 Å². The molecule has 0 aliphatic rings. The zero-order chi connectivity index (χ0) is 12.6. The average Bonchev–Trinajstić information content (AvgIpc) is 2.26. The monoisotopic (exact) mass is 252 g/mol. The number of hydrogen-bond acceptors (Lipinski definition) is 3. The summed E-state index contributed by atoms with van der Waals surface area (Å²) in [7, 11) is -2.14.